The highest BCUT2D eigenvalue weighted by atomic mass is 19.1. The van der Waals surface area contributed by atoms with Crippen molar-refractivity contribution in [2.24, 2.45) is 0 Å². The maximum atomic E-state index is 12.7. The normalized spacial score (nSPS) is 12.2. The van der Waals surface area contributed by atoms with Gasteiger partial charge in [-0.1, -0.05) is 25.5 Å². The number of rotatable bonds is 7. The Morgan fingerprint density at radius 3 is 2.67 bits per heavy atom. The Morgan fingerprint density at radius 1 is 1.39 bits per heavy atom. The molecule has 0 heterocycles. The molecule has 0 aliphatic heterocycles. The van der Waals surface area contributed by atoms with E-state index in [1.807, 2.05) is 13.8 Å². The molecule has 100 valence electrons. The van der Waals surface area contributed by atoms with Crippen LogP contribution in [0.15, 0.2) is 24.3 Å². The highest BCUT2D eigenvalue weighted by Gasteiger charge is 2.08. The molecule has 0 bridgehead atoms. The molecule has 0 saturated carbocycles. The van der Waals surface area contributed by atoms with E-state index in [4.69, 9.17) is 4.74 Å². The van der Waals surface area contributed by atoms with Crippen LogP contribution < -0.4 is 5.32 Å². The number of unbranched alkanes of at least 4 members (excludes halogenated alkanes) is 1. The van der Waals surface area contributed by atoms with Crippen molar-refractivity contribution >= 4 is 5.97 Å². The lowest BCUT2D eigenvalue weighted by Crippen LogP contribution is -2.27. The molecule has 1 N–H and O–H groups in total. The summed E-state index contributed by atoms with van der Waals surface area (Å²) in [6.45, 7) is 4.61. The van der Waals surface area contributed by atoms with Gasteiger partial charge in [0.15, 0.2) is 0 Å². The Bertz CT molecular complexity index is 365. The Morgan fingerprint density at radius 2 is 2.06 bits per heavy atom. The van der Waals surface area contributed by atoms with Crippen molar-refractivity contribution < 1.29 is 13.9 Å². The van der Waals surface area contributed by atoms with Crippen LogP contribution in [0.25, 0.3) is 0 Å². The zero-order valence-corrected chi connectivity index (χ0v) is 10.9. The molecule has 1 aromatic carbocycles. The van der Waals surface area contributed by atoms with E-state index in [0.29, 0.717) is 6.61 Å². The van der Waals surface area contributed by atoms with E-state index in [1.54, 1.807) is 12.1 Å². The van der Waals surface area contributed by atoms with E-state index in [9.17, 15) is 9.18 Å². The first-order valence-corrected chi connectivity index (χ1v) is 6.28. The second kappa shape index (κ2) is 7.82. The first kappa shape index (κ1) is 14.6. The topological polar surface area (TPSA) is 38.3 Å². The molecule has 1 rings (SSSR count). The van der Waals surface area contributed by atoms with Crippen LogP contribution >= 0.6 is 0 Å². The average molecular weight is 253 g/mol. The summed E-state index contributed by atoms with van der Waals surface area (Å²) >= 11 is 0. The number of hydrogen-bond donors (Lipinski definition) is 1. The molecular formula is C14H20FNO2. The minimum Gasteiger partial charge on any atom is -0.465 e. The number of esters is 1. The molecule has 0 amide bonds. The zero-order chi connectivity index (χ0) is 13.4. The van der Waals surface area contributed by atoms with Crippen LogP contribution in [0.1, 0.15) is 38.3 Å². The highest BCUT2D eigenvalue weighted by Crippen LogP contribution is 2.12. The lowest BCUT2D eigenvalue weighted by Gasteiger charge is -2.13. The van der Waals surface area contributed by atoms with Gasteiger partial charge < -0.3 is 10.1 Å². The molecular weight excluding hydrogens is 233 g/mol. The highest BCUT2D eigenvalue weighted by molar-refractivity contribution is 5.71. The minimum absolute atomic E-state index is 0.00988. The van der Waals surface area contributed by atoms with Crippen molar-refractivity contribution in [1.29, 1.82) is 0 Å². The van der Waals surface area contributed by atoms with Crippen LogP contribution in [0.3, 0.4) is 0 Å². The third-order valence-corrected chi connectivity index (χ3v) is 2.68. The van der Waals surface area contributed by atoms with Crippen LogP contribution in [0.2, 0.25) is 0 Å². The quantitative estimate of drug-likeness (QED) is 0.600. The summed E-state index contributed by atoms with van der Waals surface area (Å²) in [5.41, 5.74) is 0.942. The number of benzene rings is 1. The van der Waals surface area contributed by atoms with Crippen molar-refractivity contribution in [2.75, 3.05) is 13.2 Å². The summed E-state index contributed by atoms with van der Waals surface area (Å²) in [5.74, 6) is -0.512. The molecule has 4 heteroatoms. The average Bonchev–Trinajstić information content (AvgIpc) is 2.37. The molecule has 0 spiro atoms. The molecule has 0 aliphatic carbocycles. The summed E-state index contributed by atoms with van der Waals surface area (Å²) in [7, 11) is 0. The molecule has 1 atom stereocenters. The largest absolute Gasteiger partial charge is 0.465 e. The predicted octanol–water partition coefficient (Wildman–Crippen LogP) is 2.82. The molecule has 0 saturated heterocycles. The molecule has 0 fully saturated rings. The second-order valence-corrected chi connectivity index (χ2v) is 4.23. The van der Waals surface area contributed by atoms with Crippen LogP contribution in [-0.2, 0) is 9.53 Å². The van der Waals surface area contributed by atoms with Gasteiger partial charge in [0.05, 0.1) is 13.2 Å². The molecule has 0 aromatic heterocycles. The molecule has 3 nitrogen and oxygen atoms in total. The van der Waals surface area contributed by atoms with Gasteiger partial charge in [0.2, 0.25) is 0 Å². The van der Waals surface area contributed by atoms with Gasteiger partial charge in [-0.15, -0.1) is 0 Å². The van der Waals surface area contributed by atoms with Gasteiger partial charge in [-0.25, -0.2) is 4.39 Å². The number of nitrogens with one attached hydrogen (secondary N) is 1. The van der Waals surface area contributed by atoms with E-state index in [2.05, 4.69) is 5.32 Å². The standard InChI is InChI=1S/C14H20FNO2/c1-3-4-9-18-14(17)10-16-11(2)12-5-7-13(15)8-6-12/h5-8,11,16H,3-4,9-10H2,1-2H3. The van der Waals surface area contributed by atoms with E-state index in [-0.39, 0.29) is 24.4 Å². The van der Waals surface area contributed by atoms with Gasteiger partial charge in [-0.2, -0.15) is 0 Å². The SMILES string of the molecule is CCCCOC(=O)CNC(C)c1ccc(F)cc1. The monoisotopic (exact) mass is 253 g/mol. The minimum atomic E-state index is -0.259. The fraction of sp³-hybridized carbons (Fsp3) is 0.500. The van der Waals surface area contributed by atoms with E-state index >= 15 is 0 Å². The maximum absolute atomic E-state index is 12.7. The Hall–Kier alpha value is -1.42. The number of ether oxygens (including phenoxy) is 1. The van der Waals surface area contributed by atoms with Crippen LogP contribution in [0, 0.1) is 5.82 Å². The Kier molecular flexibility index (Phi) is 6.36. The van der Waals surface area contributed by atoms with Crippen molar-refractivity contribution in [3.63, 3.8) is 0 Å². The zero-order valence-electron chi connectivity index (χ0n) is 10.9. The molecule has 0 aliphatic rings. The van der Waals surface area contributed by atoms with Crippen LogP contribution in [-0.4, -0.2) is 19.1 Å². The fourth-order valence-corrected chi connectivity index (χ4v) is 1.49. The molecule has 18 heavy (non-hydrogen) atoms. The first-order valence-electron chi connectivity index (χ1n) is 6.28. The van der Waals surface area contributed by atoms with Gasteiger partial charge in [-0.05, 0) is 31.0 Å². The van der Waals surface area contributed by atoms with Crippen LogP contribution in [0.5, 0.6) is 0 Å². The lowest BCUT2D eigenvalue weighted by molar-refractivity contribution is -0.142. The number of hydrogen-bond acceptors (Lipinski definition) is 3. The number of carbonyl (C=O) groups excluding carboxylic acids is 1. The number of carbonyl (C=O) groups is 1. The lowest BCUT2D eigenvalue weighted by atomic mass is 10.1. The van der Waals surface area contributed by atoms with E-state index in [1.165, 1.54) is 12.1 Å². The van der Waals surface area contributed by atoms with Gasteiger partial charge in [0, 0.05) is 6.04 Å². The smallest absolute Gasteiger partial charge is 0.319 e. The summed E-state index contributed by atoms with van der Waals surface area (Å²) in [5, 5.41) is 3.05. The summed E-state index contributed by atoms with van der Waals surface area (Å²) in [6.07, 6.45) is 1.89. The van der Waals surface area contributed by atoms with Gasteiger partial charge in [0.1, 0.15) is 5.82 Å². The summed E-state index contributed by atoms with van der Waals surface area (Å²) in [6, 6.07) is 6.22. The molecule has 1 unspecified atom stereocenters. The van der Waals surface area contributed by atoms with Crippen molar-refractivity contribution in [1.82, 2.24) is 5.32 Å². The predicted molar refractivity (Wildman–Crippen MR) is 68.7 cm³/mol. The Balaban J connectivity index is 2.30. The summed E-state index contributed by atoms with van der Waals surface area (Å²) in [4.78, 5) is 11.4. The second-order valence-electron chi connectivity index (χ2n) is 4.23. The molecule has 0 radical (unpaired) electrons. The number of halogens is 1. The summed E-state index contributed by atoms with van der Waals surface area (Å²) < 4.78 is 17.8. The van der Waals surface area contributed by atoms with Crippen molar-refractivity contribution in [3.05, 3.63) is 35.6 Å². The van der Waals surface area contributed by atoms with E-state index in [0.717, 1.165) is 18.4 Å². The van der Waals surface area contributed by atoms with Crippen molar-refractivity contribution in [2.45, 2.75) is 32.7 Å². The van der Waals surface area contributed by atoms with Crippen molar-refractivity contribution in [3.8, 4) is 0 Å². The van der Waals surface area contributed by atoms with Gasteiger partial charge in [-0.3, -0.25) is 4.79 Å². The third kappa shape index (κ3) is 5.27. The van der Waals surface area contributed by atoms with Crippen LogP contribution in [0.4, 0.5) is 4.39 Å². The van der Waals surface area contributed by atoms with Gasteiger partial charge in [0.25, 0.3) is 0 Å². The molecule has 1 aromatic rings. The van der Waals surface area contributed by atoms with Gasteiger partial charge >= 0.3 is 5.97 Å². The third-order valence-electron chi connectivity index (χ3n) is 2.68. The van der Waals surface area contributed by atoms with E-state index < -0.39 is 0 Å². The Labute approximate surface area is 107 Å². The fourth-order valence-electron chi connectivity index (χ4n) is 1.49. The first-order chi connectivity index (χ1) is 8.63. The maximum Gasteiger partial charge on any atom is 0.319 e.